The molecule has 0 aliphatic carbocycles. The van der Waals surface area contributed by atoms with Gasteiger partial charge in [-0.2, -0.15) is 10.1 Å². The molecule has 0 N–H and O–H groups in total. The maximum Gasteiger partial charge on any atom is 0.356 e. The molecule has 0 saturated carbocycles. The van der Waals surface area contributed by atoms with Crippen LogP contribution in [-0.4, -0.2) is 71.4 Å². The van der Waals surface area contributed by atoms with Gasteiger partial charge in [-0.1, -0.05) is 0 Å². The second-order valence-corrected chi connectivity index (χ2v) is 4.73. The van der Waals surface area contributed by atoms with Crippen LogP contribution in [0.3, 0.4) is 0 Å². The Labute approximate surface area is 81.7 Å². The van der Waals surface area contributed by atoms with Gasteiger partial charge in [-0.3, -0.25) is 0 Å². The molecule has 0 heterocycles. The molecule has 0 aliphatic heterocycles. The molecule has 0 fully saturated rings. The van der Waals surface area contributed by atoms with E-state index in [1.165, 1.54) is 0 Å². The zero-order valence-electron chi connectivity index (χ0n) is 9.02. The van der Waals surface area contributed by atoms with Gasteiger partial charge >= 0.3 is 20.4 Å². The highest BCUT2D eigenvalue weighted by Crippen LogP contribution is 1.76. The third-order valence-electron chi connectivity index (χ3n) is 0.994. The van der Waals surface area contributed by atoms with Crippen LogP contribution in [-0.2, 0) is 0 Å². The first kappa shape index (κ1) is 14.2. The standard InChI is InChI=1S/C6H16N2.2CH3.Mg/c1-7(2)5-6-8(3)4;;;/h5-6H2,1-4H3;2*1H3;. The number of likely N-dealkylation sites (N-methyl/N-ethyl adjacent to an activating group) is 2. The van der Waals surface area contributed by atoms with Crippen molar-refractivity contribution in [3.05, 3.63) is 0 Å². The molecule has 0 rings (SSSR count). The zero-order chi connectivity index (χ0) is 9.28. The summed E-state index contributed by atoms with van der Waals surface area (Å²) < 4.78 is 0. The van der Waals surface area contributed by atoms with Gasteiger partial charge in [-0.15, -0.1) is 0 Å². The maximum atomic E-state index is 2.26. The number of rotatable bonds is 3. The lowest BCUT2D eigenvalue weighted by molar-refractivity contribution is 0.320. The molecular formula is C8H22MgN2. The van der Waals surface area contributed by atoms with Crippen LogP contribution in [0.1, 0.15) is 0 Å². The van der Waals surface area contributed by atoms with Crippen LogP contribution < -0.4 is 0 Å². The first-order chi connectivity index (χ1) is 5.04. The molecule has 0 aliphatic rings. The van der Waals surface area contributed by atoms with Gasteiger partial charge < -0.3 is 9.80 Å². The molecule has 0 saturated heterocycles. The Morgan fingerprint density at radius 2 is 1.00 bits per heavy atom. The molecule has 3 heteroatoms. The minimum atomic E-state index is 0.417. The molecule has 0 spiro atoms. The van der Waals surface area contributed by atoms with Crippen molar-refractivity contribution in [2.75, 3.05) is 41.3 Å². The highest BCUT2D eigenvalue weighted by Gasteiger charge is 1.89. The van der Waals surface area contributed by atoms with Crippen molar-refractivity contribution < 1.29 is 0 Å². The molecule has 0 aromatic rings. The third kappa shape index (κ3) is 24.9. The summed E-state index contributed by atoms with van der Waals surface area (Å²) in [7, 11) is 8.35. The van der Waals surface area contributed by atoms with Crippen molar-refractivity contribution in [2.24, 2.45) is 0 Å². The maximum absolute atomic E-state index is 2.26. The van der Waals surface area contributed by atoms with Crippen LogP contribution in [0.25, 0.3) is 0 Å². The fourth-order valence-corrected chi connectivity index (χ4v) is 0.400. The van der Waals surface area contributed by atoms with E-state index in [-0.39, 0.29) is 0 Å². The van der Waals surface area contributed by atoms with Crippen molar-refractivity contribution in [3.63, 3.8) is 0 Å². The van der Waals surface area contributed by atoms with Crippen LogP contribution in [0.5, 0.6) is 0 Å². The Kier molecular flexibility index (Phi) is 13.8. The molecule has 0 aromatic heterocycles. The Morgan fingerprint density at radius 3 is 1.09 bits per heavy atom. The predicted molar refractivity (Wildman–Crippen MR) is 54.6 cm³/mol. The van der Waals surface area contributed by atoms with Gasteiger partial charge in [0.05, 0.1) is 0 Å². The summed E-state index contributed by atoms with van der Waals surface area (Å²) in [6.07, 6.45) is 0. The van der Waals surface area contributed by atoms with E-state index < -0.39 is 0 Å². The lowest BCUT2D eigenvalue weighted by Gasteiger charge is -2.13. The van der Waals surface area contributed by atoms with Crippen LogP contribution in [0.2, 0.25) is 10.1 Å². The quantitative estimate of drug-likeness (QED) is 0.581. The monoisotopic (exact) mass is 170 g/mol. The minimum absolute atomic E-state index is 0.417. The smallest absolute Gasteiger partial charge is 0.308 e. The summed E-state index contributed by atoms with van der Waals surface area (Å²) in [5, 5.41) is 4.53. The van der Waals surface area contributed by atoms with E-state index in [0.717, 1.165) is 13.1 Å². The topological polar surface area (TPSA) is 6.48 Å². The molecule has 11 heavy (non-hydrogen) atoms. The van der Waals surface area contributed by atoms with E-state index in [2.05, 4.69) is 48.1 Å². The van der Waals surface area contributed by atoms with Crippen molar-refractivity contribution in [3.8, 4) is 0 Å². The molecule has 0 atom stereocenters. The second kappa shape index (κ2) is 10.7. The van der Waals surface area contributed by atoms with Crippen molar-refractivity contribution >= 4 is 20.4 Å². The molecule has 66 valence electrons. The van der Waals surface area contributed by atoms with E-state index in [4.69, 9.17) is 0 Å². The van der Waals surface area contributed by atoms with Crippen molar-refractivity contribution in [1.82, 2.24) is 9.80 Å². The molecule has 0 bridgehead atoms. The minimum Gasteiger partial charge on any atom is -0.308 e. The highest BCUT2D eigenvalue weighted by atomic mass is 24.5. The number of hydrogen-bond donors (Lipinski definition) is 0. The van der Waals surface area contributed by atoms with Gasteiger partial charge in [-0.25, -0.2) is 0 Å². The average molecular weight is 171 g/mol. The highest BCUT2D eigenvalue weighted by molar-refractivity contribution is 6.31. The van der Waals surface area contributed by atoms with Gasteiger partial charge in [0.25, 0.3) is 0 Å². The summed E-state index contributed by atoms with van der Waals surface area (Å²) in [5.41, 5.74) is 0. The molecule has 0 unspecified atom stereocenters. The van der Waals surface area contributed by atoms with Crippen LogP contribution in [0.15, 0.2) is 0 Å². The molecular weight excluding hydrogens is 148 g/mol. The lowest BCUT2D eigenvalue weighted by Crippen LogP contribution is -2.25. The largest absolute Gasteiger partial charge is 0.356 e. The van der Waals surface area contributed by atoms with Gasteiger partial charge in [0, 0.05) is 13.1 Å². The Balaban J connectivity index is 0. The molecule has 0 amide bonds. The molecule has 2 nitrogen and oxygen atoms in total. The average Bonchev–Trinajstić information content (AvgIpc) is 1.85. The number of nitrogens with zero attached hydrogens (tertiary/aromatic N) is 2. The summed E-state index contributed by atoms with van der Waals surface area (Å²) in [4.78, 5) is 4.36. The summed E-state index contributed by atoms with van der Waals surface area (Å²) in [6.45, 7) is 2.29. The Bertz CT molecular complexity index is 57.1. The summed E-state index contributed by atoms with van der Waals surface area (Å²) >= 11 is 0.417. The van der Waals surface area contributed by atoms with E-state index in [1.54, 1.807) is 0 Å². The van der Waals surface area contributed by atoms with E-state index in [1.807, 2.05) is 0 Å². The predicted octanol–water partition coefficient (Wildman–Crippen LogP) is 0.896. The van der Waals surface area contributed by atoms with Crippen LogP contribution in [0, 0.1) is 0 Å². The third-order valence-corrected chi connectivity index (χ3v) is 0.994. The summed E-state index contributed by atoms with van der Waals surface area (Å²) in [6, 6.07) is 0. The van der Waals surface area contributed by atoms with Crippen molar-refractivity contribution in [1.29, 1.82) is 0 Å². The Hall–Kier alpha value is 0.686. The Morgan fingerprint density at radius 1 is 0.818 bits per heavy atom. The fraction of sp³-hybridized carbons (Fsp3) is 1.00. The van der Waals surface area contributed by atoms with Crippen LogP contribution in [0.4, 0.5) is 0 Å². The first-order valence-electron chi connectivity index (χ1n) is 4.34. The van der Waals surface area contributed by atoms with E-state index in [0.29, 0.717) is 20.4 Å². The molecule has 0 radical (unpaired) electrons. The summed E-state index contributed by atoms with van der Waals surface area (Å²) in [5.74, 6) is 0. The SMILES string of the molecule is CN(C)CCN(C)C.[CH3][Mg][CH3]. The normalized spacial score (nSPS) is 9.09. The van der Waals surface area contributed by atoms with Crippen molar-refractivity contribution in [2.45, 2.75) is 10.1 Å². The van der Waals surface area contributed by atoms with Gasteiger partial charge in [0.1, 0.15) is 0 Å². The van der Waals surface area contributed by atoms with Crippen LogP contribution >= 0.6 is 0 Å². The van der Waals surface area contributed by atoms with Gasteiger partial charge in [0.15, 0.2) is 0 Å². The van der Waals surface area contributed by atoms with Gasteiger partial charge in [-0.05, 0) is 28.2 Å². The van der Waals surface area contributed by atoms with E-state index in [9.17, 15) is 0 Å². The number of hydrogen-bond acceptors (Lipinski definition) is 2. The first-order valence-corrected chi connectivity index (χ1v) is 7.16. The lowest BCUT2D eigenvalue weighted by atomic mass is 10.5. The molecule has 0 aromatic carbocycles. The van der Waals surface area contributed by atoms with Gasteiger partial charge in [0.2, 0.25) is 0 Å². The zero-order valence-corrected chi connectivity index (χ0v) is 10.4. The fourth-order valence-electron chi connectivity index (χ4n) is 0.400. The second-order valence-electron chi connectivity index (χ2n) is 3.31. The van der Waals surface area contributed by atoms with E-state index >= 15 is 0 Å².